The molecule has 0 N–H and O–H groups in total. The summed E-state index contributed by atoms with van der Waals surface area (Å²) in [5.41, 5.74) is 1.64. The van der Waals surface area contributed by atoms with Crippen LogP contribution in [0.5, 0.6) is 0 Å². The first-order valence-corrected chi connectivity index (χ1v) is 4.69. The molecule has 0 spiro atoms. The molecule has 0 unspecified atom stereocenters. The lowest BCUT2D eigenvalue weighted by atomic mass is 10.1. The molecule has 1 aromatic heterocycles. The quantitative estimate of drug-likeness (QED) is 0.459. The fourth-order valence-electron chi connectivity index (χ4n) is 1.94. The molecule has 5 nitrogen and oxygen atoms in total. The number of hydrogen-bond donors (Lipinski definition) is 0. The molecule has 5 heteroatoms. The Morgan fingerprint density at radius 3 is 2.81 bits per heavy atom. The second kappa shape index (κ2) is 2.79. The van der Waals surface area contributed by atoms with Gasteiger partial charge in [-0.1, -0.05) is 0 Å². The molecule has 16 heavy (non-hydrogen) atoms. The molecule has 1 aliphatic rings. The number of carbonyl (C=O) groups is 1. The topological polar surface area (TPSA) is 65.1 Å². The van der Waals surface area contributed by atoms with E-state index in [2.05, 4.69) is 0 Å². The molecule has 1 aromatic carbocycles. The molecular formula is C11H6N2O3. The maximum Gasteiger partial charge on any atom is 0.271 e. The van der Waals surface area contributed by atoms with Gasteiger partial charge in [-0.3, -0.25) is 14.9 Å². The van der Waals surface area contributed by atoms with Gasteiger partial charge < -0.3 is 4.57 Å². The van der Waals surface area contributed by atoms with E-state index in [4.69, 9.17) is 0 Å². The number of ketones is 1. The molecule has 0 aliphatic carbocycles. The van der Waals surface area contributed by atoms with Crippen molar-refractivity contribution in [3.8, 4) is 5.69 Å². The summed E-state index contributed by atoms with van der Waals surface area (Å²) in [5.74, 6) is -0.0881. The average molecular weight is 214 g/mol. The van der Waals surface area contributed by atoms with Crippen LogP contribution in [0.2, 0.25) is 0 Å². The summed E-state index contributed by atoms with van der Waals surface area (Å²) in [7, 11) is 0. The summed E-state index contributed by atoms with van der Waals surface area (Å²) in [4.78, 5) is 22.0. The van der Waals surface area contributed by atoms with Crippen molar-refractivity contribution in [1.29, 1.82) is 0 Å². The first-order valence-electron chi connectivity index (χ1n) is 4.69. The minimum Gasteiger partial charge on any atom is -0.313 e. The minimum absolute atomic E-state index is 0.00639. The molecule has 0 radical (unpaired) electrons. The van der Waals surface area contributed by atoms with Gasteiger partial charge in [-0.05, 0) is 18.2 Å². The molecule has 0 saturated heterocycles. The van der Waals surface area contributed by atoms with Gasteiger partial charge in [0.15, 0.2) is 0 Å². The van der Waals surface area contributed by atoms with Gasteiger partial charge in [-0.25, -0.2) is 0 Å². The van der Waals surface area contributed by atoms with Gasteiger partial charge in [0.25, 0.3) is 5.69 Å². The van der Waals surface area contributed by atoms with Crippen LogP contribution in [0.1, 0.15) is 16.1 Å². The molecule has 0 amide bonds. The van der Waals surface area contributed by atoms with Crippen molar-refractivity contribution in [3.05, 3.63) is 57.9 Å². The van der Waals surface area contributed by atoms with E-state index in [9.17, 15) is 14.9 Å². The lowest BCUT2D eigenvalue weighted by Gasteiger charge is -1.99. The number of fused-ring (bicyclic) bond motifs is 3. The Balaban J connectivity index is 2.30. The third-order valence-corrected chi connectivity index (χ3v) is 2.68. The van der Waals surface area contributed by atoms with E-state index in [0.717, 1.165) is 0 Å². The Labute approximate surface area is 90.1 Å². The van der Waals surface area contributed by atoms with E-state index in [1.165, 1.54) is 18.2 Å². The molecule has 2 aromatic rings. The van der Waals surface area contributed by atoms with Crippen molar-refractivity contribution in [2.75, 3.05) is 0 Å². The second-order valence-electron chi connectivity index (χ2n) is 3.55. The molecule has 78 valence electrons. The van der Waals surface area contributed by atoms with Gasteiger partial charge in [-0.15, -0.1) is 0 Å². The number of nitro benzene ring substituents is 1. The molecule has 3 rings (SSSR count). The van der Waals surface area contributed by atoms with Gasteiger partial charge in [-0.2, -0.15) is 0 Å². The normalized spacial score (nSPS) is 12.4. The molecular weight excluding hydrogens is 208 g/mol. The van der Waals surface area contributed by atoms with Gasteiger partial charge in [0.2, 0.25) is 5.78 Å². The average Bonchev–Trinajstić information content (AvgIpc) is 2.83. The lowest BCUT2D eigenvalue weighted by Crippen LogP contribution is -1.94. The second-order valence-corrected chi connectivity index (χ2v) is 3.55. The van der Waals surface area contributed by atoms with Crippen LogP contribution < -0.4 is 0 Å². The van der Waals surface area contributed by atoms with Crippen molar-refractivity contribution in [2.24, 2.45) is 0 Å². The Bertz CT molecular complexity index is 628. The Morgan fingerprint density at radius 2 is 2.06 bits per heavy atom. The Kier molecular flexibility index (Phi) is 1.54. The molecule has 2 heterocycles. The zero-order valence-electron chi connectivity index (χ0n) is 8.08. The smallest absolute Gasteiger partial charge is 0.271 e. The van der Waals surface area contributed by atoms with Crippen molar-refractivity contribution in [1.82, 2.24) is 4.57 Å². The van der Waals surface area contributed by atoms with E-state index in [-0.39, 0.29) is 11.5 Å². The largest absolute Gasteiger partial charge is 0.313 e. The highest BCUT2D eigenvalue weighted by Crippen LogP contribution is 2.30. The predicted molar refractivity (Wildman–Crippen MR) is 55.9 cm³/mol. The van der Waals surface area contributed by atoms with Crippen LogP contribution in [0.4, 0.5) is 5.69 Å². The van der Waals surface area contributed by atoms with Gasteiger partial charge >= 0.3 is 0 Å². The van der Waals surface area contributed by atoms with Gasteiger partial charge in [0.1, 0.15) is 0 Å². The maximum absolute atomic E-state index is 11.8. The van der Waals surface area contributed by atoms with Crippen molar-refractivity contribution >= 4 is 11.5 Å². The summed E-state index contributed by atoms with van der Waals surface area (Å²) < 4.78 is 1.67. The van der Waals surface area contributed by atoms with Crippen LogP contribution in [-0.2, 0) is 0 Å². The van der Waals surface area contributed by atoms with E-state index < -0.39 is 4.92 Å². The Hall–Kier alpha value is -2.43. The fraction of sp³-hybridized carbons (Fsp3) is 0. The molecule has 0 saturated carbocycles. The molecule has 1 aliphatic heterocycles. The highest BCUT2D eigenvalue weighted by molar-refractivity contribution is 6.14. The molecule has 0 atom stereocenters. The van der Waals surface area contributed by atoms with Gasteiger partial charge in [0.05, 0.1) is 16.3 Å². The van der Waals surface area contributed by atoms with Crippen LogP contribution in [0.3, 0.4) is 0 Å². The molecule has 0 fully saturated rings. The zero-order chi connectivity index (χ0) is 11.3. The molecule has 0 bridgehead atoms. The van der Waals surface area contributed by atoms with Crippen LogP contribution in [0, 0.1) is 10.1 Å². The third-order valence-electron chi connectivity index (χ3n) is 2.68. The van der Waals surface area contributed by atoms with E-state index in [1.54, 1.807) is 22.9 Å². The van der Waals surface area contributed by atoms with E-state index in [1.807, 2.05) is 0 Å². The maximum atomic E-state index is 11.8. The third kappa shape index (κ3) is 0.967. The highest BCUT2D eigenvalue weighted by atomic mass is 16.6. The Morgan fingerprint density at radius 1 is 1.25 bits per heavy atom. The number of nitrogens with zero attached hydrogens (tertiary/aromatic N) is 2. The SMILES string of the molecule is O=C1c2ccc([N+](=O)[O-])cc2-n2cccc21. The van der Waals surface area contributed by atoms with Crippen LogP contribution in [0.25, 0.3) is 5.69 Å². The van der Waals surface area contributed by atoms with Gasteiger partial charge in [0, 0.05) is 23.9 Å². The standard InChI is InChI=1S/C11H6N2O3/c14-11-8-4-3-7(13(15)16)6-10(8)12-5-1-2-9(11)12/h1-6H. The number of non-ortho nitro benzene ring substituents is 1. The van der Waals surface area contributed by atoms with Crippen molar-refractivity contribution < 1.29 is 9.72 Å². The summed E-state index contributed by atoms with van der Waals surface area (Å²) in [6, 6.07) is 7.72. The number of hydrogen-bond acceptors (Lipinski definition) is 3. The van der Waals surface area contributed by atoms with Crippen LogP contribution >= 0.6 is 0 Å². The number of carbonyl (C=O) groups excluding carboxylic acids is 1. The predicted octanol–water partition coefficient (Wildman–Crippen LogP) is 1.93. The minimum atomic E-state index is -0.466. The van der Waals surface area contributed by atoms with Crippen molar-refractivity contribution in [2.45, 2.75) is 0 Å². The van der Waals surface area contributed by atoms with Crippen LogP contribution in [0.15, 0.2) is 36.5 Å². The van der Waals surface area contributed by atoms with E-state index >= 15 is 0 Å². The van der Waals surface area contributed by atoms with Crippen molar-refractivity contribution in [3.63, 3.8) is 0 Å². The van der Waals surface area contributed by atoms with E-state index in [0.29, 0.717) is 16.9 Å². The summed E-state index contributed by atoms with van der Waals surface area (Å²) in [6.07, 6.45) is 1.72. The summed E-state index contributed by atoms with van der Waals surface area (Å²) >= 11 is 0. The monoisotopic (exact) mass is 214 g/mol. The lowest BCUT2D eigenvalue weighted by molar-refractivity contribution is -0.384. The highest BCUT2D eigenvalue weighted by Gasteiger charge is 2.27. The zero-order valence-corrected chi connectivity index (χ0v) is 8.08. The number of aromatic nitrogens is 1. The number of benzene rings is 1. The first kappa shape index (κ1) is 8.84. The number of nitro groups is 1. The summed E-state index contributed by atoms with van der Waals surface area (Å²) in [6.45, 7) is 0. The summed E-state index contributed by atoms with van der Waals surface area (Å²) in [5, 5.41) is 10.6. The fourth-order valence-corrected chi connectivity index (χ4v) is 1.94. The number of rotatable bonds is 1. The first-order chi connectivity index (χ1) is 7.68. The van der Waals surface area contributed by atoms with Crippen LogP contribution in [-0.4, -0.2) is 15.3 Å².